The molecule has 1 aromatic carbocycles. The third-order valence-corrected chi connectivity index (χ3v) is 3.78. The smallest absolute Gasteiger partial charge is 0.311 e. The van der Waals surface area contributed by atoms with E-state index < -0.39 is 4.92 Å². The van der Waals surface area contributed by atoms with Crippen molar-refractivity contribution in [3.05, 3.63) is 33.9 Å². The molecule has 0 spiro atoms. The van der Waals surface area contributed by atoms with Crippen molar-refractivity contribution in [2.45, 2.75) is 12.5 Å². The van der Waals surface area contributed by atoms with Gasteiger partial charge in [-0.25, -0.2) is 0 Å². The van der Waals surface area contributed by atoms with Gasteiger partial charge in [0.05, 0.1) is 12.0 Å². The summed E-state index contributed by atoms with van der Waals surface area (Å²) < 4.78 is 5.03. The van der Waals surface area contributed by atoms with Gasteiger partial charge in [-0.3, -0.25) is 15.0 Å². The fourth-order valence-electron chi connectivity index (χ4n) is 2.73. The molecule has 116 valence electrons. The van der Waals surface area contributed by atoms with Crippen LogP contribution in [-0.2, 0) is 0 Å². The quantitative estimate of drug-likeness (QED) is 0.599. The predicted molar refractivity (Wildman–Crippen MR) is 78.5 cm³/mol. The highest BCUT2D eigenvalue weighted by atomic mass is 16.6. The summed E-state index contributed by atoms with van der Waals surface area (Å²) in [5.41, 5.74) is 0.812. The molecular formula is C14H21N3O4. The van der Waals surface area contributed by atoms with Crippen molar-refractivity contribution < 1.29 is 14.8 Å². The summed E-state index contributed by atoms with van der Waals surface area (Å²) in [6.45, 7) is 3.56. The van der Waals surface area contributed by atoms with Crippen LogP contribution < -0.4 is 10.1 Å². The molecule has 0 amide bonds. The van der Waals surface area contributed by atoms with E-state index in [1.807, 2.05) is 6.07 Å². The lowest BCUT2D eigenvalue weighted by atomic mass is 10.0. The number of benzene rings is 1. The van der Waals surface area contributed by atoms with E-state index in [2.05, 4.69) is 10.2 Å². The third-order valence-electron chi connectivity index (χ3n) is 3.78. The summed E-state index contributed by atoms with van der Waals surface area (Å²) in [7, 11) is 1.42. The standard InChI is InChI=1S/C14H21N3O4/c1-21-14-3-2-11(10-13(14)17(19)20)12(4-9-18)16-7-5-15-6-8-16/h2-3,10,12,15,18H,4-9H2,1H3/t12-/m1/s1. The first-order chi connectivity index (χ1) is 10.2. The summed E-state index contributed by atoms with van der Waals surface area (Å²) in [4.78, 5) is 13.0. The van der Waals surface area contributed by atoms with Gasteiger partial charge in [-0.1, -0.05) is 6.07 Å². The molecule has 1 aliphatic rings. The molecule has 1 aliphatic heterocycles. The normalized spacial score (nSPS) is 17.4. The second-order valence-electron chi connectivity index (χ2n) is 5.00. The van der Waals surface area contributed by atoms with Gasteiger partial charge in [0, 0.05) is 44.9 Å². The topological polar surface area (TPSA) is 87.9 Å². The zero-order chi connectivity index (χ0) is 15.2. The average molecular weight is 295 g/mol. The Balaban J connectivity index is 2.30. The molecule has 0 bridgehead atoms. The Morgan fingerprint density at radius 2 is 2.19 bits per heavy atom. The zero-order valence-corrected chi connectivity index (χ0v) is 12.1. The number of rotatable bonds is 6. The molecule has 7 heteroatoms. The molecule has 0 radical (unpaired) electrons. The molecule has 0 aromatic heterocycles. The summed E-state index contributed by atoms with van der Waals surface area (Å²) in [6, 6.07) is 5.01. The summed E-state index contributed by atoms with van der Waals surface area (Å²) in [5, 5.41) is 23.7. The van der Waals surface area contributed by atoms with Crippen LogP contribution in [0.15, 0.2) is 18.2 Å². The number of ether oxygens (including phenoxy) is 1. The van der Waals surface area contributed by atoms with Gasteiger partial charge in [-0.05, 0) is 18.1 Å². The van der Waals surface area contributed by atoms with E-state index in [1.165, 1.54) is 7.11 Å². The minimum absolute atomic E-state index is 0.0123. The van der Waals surface area contributed by atoms with Gasteiger partial charge >= 0.3 is 5.69 Å². The van der Waals surface area contributed by atoms with Crippen LogP contribution in [0.3, 0.4) is 0 Å². The maximum Gasteiger partial charge on any atom is 0.311 e. The van der Waals surface area contributed by atoms with Gasteiger partial charge in [0.1, 0.15) is 0 Å². The molecule has 7 nitrogen and oxygen atoms in total. The zero-order valence-electron chi connectivity index (χ0n) is 12.1. The molecular weight excluding hydrogens is 274 g/mol. The van der Waals surface area contributed by atoms with Crippen molar-refractivity contribution in [2.75, 3.05) is 39.9 Å². The van der Waals surface area contributed by atoms with Crippen LogP contribution >= 0.6 is 0 Å². The van der Waals surface area contributed by atoms with Gasteiger partial charge in [-0.15, -0.1) is 0 Å². The molecule has 2 rings (SSSR count). The SMILES string of the molecule is COc1ccc([C@@H](CCO)N2CCNCC2)cc1[N+](=O)[O-]. The van der Waals surface area contributed by atoms with Crippen molar-refractivity contribution in [1.82, 2.24) is 10.2 Å². The van der Waals surface area contributed by atoms with E-state index in [4.69, 9.17) is 4.74 Å². The molecule has 0 saturated carbocycles. The number of nitrogens with zero attached hydrogens (tertiary/aromatic N) is 2. The molecule has 21 heavy (non-hydrogen) atoms. The molecule has 2 N–H and O–H groups in total. The van der Waals surface area contributed by atoms with Crippen molar-refractivity contribution in [3.63, 3.8) is 0 Å². The fourth-order valence-corrected chi connectivity index (χ4v) is 2.73. The maximum absolute atomic E-state index is 11.1. The number of nitro benzene ring substituents is 1. The van der Waals surface area contributed by atoms with Gasteiger partial charge in [-0.2, -0.15) is 0 Å². The first-order valence-corrected chi connectivity index (χ1v) is 7.05. The predicted octanol–water partition coefficient (Wildman–Crippen LogP) is 0.932. The molecule has 1 heterocycles. The largest absolute Gasteiger partial charge is 0.490 e. The highest BCUT2D eigenvalue weighted by molar-refractivity contribution is 5.49. The Morgan fingerprint density at radius 3 is 2.76 bits per heavy atom. The van der Waals surface area contributed by atoms with Crippen molar-refractivity contribution in [3.8, 4) is 5.75 Å². The Morgan fingerprint density at radius 1 is 1.48 bits per heavy atom. The van der Waals surface area contributed by atoms with Crippen LogP contribution in [-0.4, -0.2) is 54.8 Å². The van der Waals surface area contributed by atoms with E-state index in [0.29, 0.717) is 6.42 Å². The number of piperazine rings is 1. The van der Waals surface area contributed by atoms with Gasteiger partial charge in [0.2, 0.25) is 0 Å². The first-order valence-electron chi connectivity index (χ1n) is 7.05. The number of aliphatic hydroxyl groups is 1. The maximum atomic E-state index is 11.1. The average Bonchev–Trinajstić information content (AvgIpc) is 2.52. The monoisotopic (exact) mass is 295 g/mol. The molecule has 0 unspecified atom stereocenters. The van der Waals surface area contributed by atoms with Crippen LogP contribution in [0.2, 0.25) is 0 Å². The highest BCUT2D eigenvalue weighted by Crippen LogP contribution is 2.33. The number of methoxy groups -OCH3 is 1. The third kappa shape index (κ3) is 3.69. The first kappa shape index (κ1) is 15.7. The van der Waals surface area contributed by atoms with Gasteiger partial charge in [0.25, 0.3) is 0 Å². The number of hydrogen-bond acceptors (Lipinski definition) is 6. The van der Waals surface area contributed by atoms with Crippen molar-refractivity contribution in [1.29, 1.82) is 0 Å². The van der Waals surface area contributed by atoms with Crippen molar-refractivity contribution >= 4 is 5.69 Å². The van der Waals surface area contributed by atoms with E-state index in [0.717, 1.165) is 31.7 Å². The Bertz CT molecular complexity index is 489. The van der Waals surface area contributed by atoms with E-state index in [-0.39, 0.29) is 24.1 Å². The van der Waals surface area contributed by atoms with E-state index in [1.54, 1.807) is 12.1 Å². The van der Waals surface area contributed by atoms with Crippen LogP contribution in [0.25, 0.3) is 0 Å². The molecule has 1 saturated heterocycles. The number of nitro groups is 1. The van der Waals surface area contributed by atoms with E-state index in [9.17, 15) is 15.2 Å². The van der Waals surface area contributed by atoms with Crippen LogP contribution in [0.4, 0.5) is 5.69 Å². The Hall–Kier alpha value is -1.70. The van der Waals surface area contributed by atoms with Crippen LogP contribution in [0.1, 0.15) is 18.0 Å². The van der Waals surface area contributed by atoms with Crippen molar-refractivity contribution in [2.24, 2.45) is 0 Å². The summed E-state index contributed by atoms with van der Waals surface area (Å²) in [5.74, 6) is 0.256. The number of aliphatic hydroxyl groups excluding tert-OH is 1. The lowest BCUT2D eigenvalue weighted by molar-refractivity contribution is -0.385. The van der Waals surface area contributed by atoms with Gasteiger partial charge in [0.15, 0.2) is 5.75 Å². The Labute approximate surface area is 123 Å². The van der Waals surface area contributed by atoms with Gasteiger partial charge < -0.3 is 15.2 Å². The number of hydrogen-bond donors (Lipinski definition) is 2. The fraction of sp³-hybridized carbons (Fsp3) is 0.571. The van der Waals surface area contributed by atoms with Crippen LogP contribution in [0.5, 0.6) is 5.75 Å². The minimum atomic E-state index is -0.434. The second-order valence-corrected chi connectivity index (χ2v) is 5.00. The molecule has 1 fully saturated rings. The lowest BCUT2D eigenvalue weighted by Crippen LogP contribution is -2.45. The molecule has 1 atom stereocenters. The number of nitrogens with one attached hydrogen (secondary N) is 1. The molecule has 1 aromatic rings. The van der Waals surface area contributed by atoms with Crippen LogP contribution in [0, 0.1) is 10.1 Å². The van der Waals surface area contributed by atoms with E-state index >= 15 is 0 Å². The lowest BCUT2D eigenvalue weighted by Gasteiger charge is -2.35. The Kier molecular flexibility index (Phi) is 5.49. The highest BCUT2D eigenvalue weighted by Gasteiger charge is 2.25. The minimum Gasteiger partial charge on any atom is -0.490 e. The summed E-state index contributed by atoms with van der Waals surface area (Å²) in [6.07, 6.45) is 0.559. The second kappa shape index (κ2) is 7.35. The molecule has 0 aliphatic carbocycles. The summed E-state index contributed by atoms with van der Waals surface area (Å²) >= 11 is 0.